The fourth-order valence-electron chi connectivity index (χ4n) is 8.38. The van der Waals surface area contributed by atoms with Gasteiger partial charge in [-0.15, -0.1) is 0 Å². The summed E-state index contributed by atoms with van der Waals surface area (Å²) in [6.45, 7) is -0.00616. The third-order valence-electron chi connectivity index (χ3n) is 11.6. The highest BCUT2D eigenvalue weighted by molar-refractivity contribution is 6.31. The van der Waals surface area contributed by atoms with E-state index in [4.69, 9.17) is 28.4 Å². The van der Waals surface area contributed by atoms with Crippen molar-refractivity contribution < 1.29 is 88.8 Å². The lowest BCUT2D eigenvalue weighted by Gasteiger charge is -2.43. The van der Waals surface area contributed by atoms with Crippen molar-refractivity contribution in [2.75, 3.05) is 27.4 Å². The van der Waals surface area contributed by atoms with E-state index in [0.29, 0.717) is 5.56 Å². The van der Waals surface area contributed by atoms with Crippen molar-refractivity contribution in [2.24, 2.45) is 0 Å². The van der Waals surface area contributed by atoms with Crippen LogP contribution in [0.1, 0.15) is 74.4 Å². The van der Waals surface area contributed by atoms with Crippen molar-refractivity contribution in [1.29, 1.82) is 0 Å². The molecular formula is C41H47NO18. The number of carbonyl (C=O) groups excluding carboxylic acids is 3. The number of aliphatic hydroxyl groups is 7. The number of aromatic hydroxyl groups is 2. The second-order valence-corrected chi connectivity index (χ2v) is 15.3. The highest BCUT2D eigenvalue weighted by Gasteiger charge is 2.51. The Bertz CT molecular complexity index is 2160. The number of benzene rings is 3. The van der Waals surface area contributed by atoms with Gasteiger partial charge in [0.25, 0.3) is 0 Å². The van der Waals surface area contributed by atoms with Gasteiger partial charge in [-0.3, -0.25) is 14.4 Å². The fourth-order valence-corrected chi connectivity index (χ4v) is 8.38. The lowest BCUT2D eigenvalue weighted by molar-refractivity contribution is -0.277. The van der Waals surface area contributed by atoms with Crippen LogP contribution in [0.3, 0.4) is 0 Å². The largest absolute Gasteiger partial charge is 0.507 e. The molecule has 0 saturated carbocycles. The number of hydrogen-bond donors (Lipinski definition) is 10. The van der Waals surface area contributed by atoms with Crippen molar-refractivity contribution in [1.82, 2.24) is 5.32 Å². The molecule has 0 bridgehead atoms. The summed E-state index contributed by atoms with van der Waals surface area (Å²) in [5, 5.41) is 99.5. The van der Waals surface area contributed by atoms with E-state index in [2.05, 4.69) is 5.32 Å². The molecule has 60 heavy (non-hydrogen) atoms. The molecule has 3 aromatic carbocycles. The third kappa shape index (κ3) is 7.49. The van der Waals surface area contributed by atoms with Crippen LogP contribution >= 0.6 is 0 Å². The predicted molar refractivity (Wildman–Crippen MR) is 202 cm³/mol. The molecule has 11 atom stereocenters. The molecule has 2 saturated heterocycles. The van der Waals surface area contributed by atoms with Gasteiger partial charge < -0.3 is 79.7 Å². The van der Waals surface area contributed by atoms with Crippen molar-refractivity contribution in [3.63, 3.8) is 0 Å². The number of phenols is 2. The molecule has 0 spiro atoms. The van der Waals surface area contributed by atoms with Crippen LogP contribution in [0.2, 0.25) is 0 Å². The Balaban J connectivity index is 1.13. The van der Waals surface area contributed by atoms with Gasteiger partial charge in [0.2, 0.25) is 12.1 Å². The number of aliphatic hydroxyl groups excluding tert-OH is 6. The van der Waals surface area contributed by atoms with Crippen molar-refractivity contribution in [3.05, 3.63) is 75.3 Å². The summed E-state index contributed by atoms with van der Waals surface area (Å²) in [5.41, 5.74) is -3.41. The van der Waals surface area contributed by atoms with Gasteiger partial charge in [0.15, 0.2) is 29.4 Å². The lowest BCUT2D eigenvalue weighted by atomic mass is 9.72. The number of ether oxygens (including phenoxy) is 6. The normalized spacial score (nSPS) is 31.2. The van der Waals surface area contributed by atoms with E-state index in [1.54, 1.807) is 19.1 Å². The van der Waals surface area contributed by atoms with Gasteiger partial charge in [-0.05, 0) is 30.7 Å². The smallest absolute Gasteiger partial charge is 0.229 e. The average molecular weight is 842 g/mol. The number of ketones is 3. The first-order chi connectivity index (χ1) is 28.6. The van der Waals surface area contributed by atoms with Crippen LogP contribution in [0.15, 0.2) is 36.4 Å². The Morgan fingerprint density at radius 2 is 1.58 bits per heavy atom. The fraction of sp³-hybridized carbons (Fsp3) is 0.488. The van der Waals surface area contributed by atoms with Crippen LogP contribution in [-0.2, 0) is 32.0 Å². The molecule has 0 amide bonds. The van der Waals surface area contributed by atoms with Crippen molar-refractivity contribution >= 4 is 17.3 Å². The summed E-state index contributed by atoms with van der Waals surface area (Å²) >= 11 is 0. The zero-order chi connectivity index (χ0) is 43.4. The number of methoxy groups -OCH3 is 2. The Labute approximate surface area is 342 Å². The highest BCUT2D eigenvalue weighted by atomic mass is 16.7. The number of fused-ring (bicyclic) bond motifs is 3. The SMILES string of the molecule is COc1cc(CN[C@H]2C[C@H](O[C@H]3C[C@](O)(C(=O)CO)Cc4c(O)c5c(c(O)c43)C(=O)c3c(OC)cccc3C5=O)O[C@@H](C)[C@H]2O)ccc1O[C@@H]1O[C@H](CO)[C@H](O)[C@H](O)[C@H]1O. The van der Waals surface area contributed by atoms with Crippen molar-refractivity contribution in [2.45, 2.75) is 99.7 Å². The number of rotatable bonds is 12. The molecule has 10 N–H and O–H groups in total. The van der Waals surface area contributed by atoms with Crippen LogP contribution < -0.4 is 19.5 Å². The monoisotopic (exact) mass is 841 g/mol. The van der Waals surface area contributed by atoms with E-state index >= 15 is 0 Å². The van der Waals surface area contributed by atoms with Crippen LogP contribution in [0, 0.1) is 0 Å². The number of nitrogens with one attached hydrogen (secondary N) is 1. The number of hydrogen-bond acceptors (Lipinski definition) is 19. The molecule has 4 aliphatic rings. The van der Waals surface area contributed by atoms with E-state index in [0.717, 1.165) is 0 Å². The summed E-state index contributed by atoms with van der Waals surface area (Å²) in [7, 11) is 2.67. The third-order valence-corrected chi connectivity index (χ3v) is 11.6. The average Bonchev–Trinajstić information content (AvgIpc) is 3.24. The lowest BCUT2D eigenvalue weighted by Crippen LogP contribution is -2.60. The Morgan fingerprint density at radius 1 is 0.867 bits per heavy atom. The van der Waals surface area contributed by atoms with Crippen LogP contribution in [-0.4, -0.2) is 152 Å². The van der Waals surface area contributed by atoms with E-state index < -0.39 is 133 Å². The Morgan fingerprint density at radius 3 is 2.27 bits per heavy atom. The molecule has 2 heterocycles. The molecule has 7 rings (SSSR count). The Kier molecular flexibility index (Phi) is 12.2. The Hall–Kier alpha value is -4.77. The molecule has 324 valence electrons. The first-order valence-electron chi connectivity index (χ1n) is 19.2. The summed E-state index contributed by atoms with van der Waals surface area (Å²) in [5.74, 6) is -3.77. The molecular weight excluding hydrogens is 794 g/mol. The van der Waals surface area contributed by atoms with Gasteiger partial charge in [-0.25, -0.2) is 0 Å². The van der Waals surface area contributed by atoms with Crippen molar-refractivity contribution in [3.8, 4) is 28.7 Å². The summed E-state index contributed by atoms with van der Waals surface area (Å²) < 4.78 is 34.3. The number of phenolic OH excluding ortho intramolecular Hbond substituents is 2. The maximum atomic E-state index is 14.0. The zero-order valence-electron chi connectivity index (χ0n) is 32.7. The maximum absolute atomic E-state index is 14.0. The van der Waals surface area contributed by atoms with Gasteiger partial charge in [0.1, 0.15) is 53.9 Å². The summed E-state index contributed by atoms with van der Waals surface area (Å²) in [6.07, 6.45) is -13.4. The predicted octanol–water partition coefficient (Wildman–Crippen LogP) is -0.980. The second kappa shape index (κ2) is 16.9. The minimum atomic E-state index is -2.34. The maximum Gasteiger partial charge on any atom is 0.229 e. The molecule has 19 nitrogen and oxygen atoms in total. The van der Waals surface area contributed by atoms with Crippen LogP contribution in [0.25, 0.3) is 0 Å². The molecule has 0 aromatic heterocycles. The van der Waals surface area contributed by atoms with E-state index in [1.807, 2.05) is 0 Å². The number of Topliss-reactive ketones (excluding diaryl/α,β-unsaturated/α-hetero) is 1. The van der Waals surface area contributed by atoms with Gasteiger partial charge in [-0.1, -0.05) is 18.2 Å². The van der Waals surface area contributed by atoms with Gasteiger partial charge in [-0.2, -0.15) is 0 Å². The van der Waals surface area contributed by atoms with E-state index in [9.17, 15) is 60.3 Å². The molecule has 2 fully saturated rings. The van der Waals surface area contributed by atoms with E-state index in [-0.39, 0.29) is 52.5 Å². The van der Waals surface area contributed by atoms with Gasteiger partial charge >= 0.3 is 0 Å². The highest BCUT2D eigenvalue weighted by Crippen LogP contribution is 2.52. The first kappa shape index (κ1) is 43.3. The quantitative estimate of drug-likeness (QED) is 0.0767. The molecule has 19 heteroatoms. The molecule has 2 aliphatic carbocycles. The minimum Gasteiger partial charge on any atom is -0.507 e. The van der Waals surface area contributed by atoms with Gasteiger partial charge in [0.05, 0.1) is 55.8 Å². The summed E-state index contributed by atoms with van der Waals surface area (Å²) in [4.78, 5) is 40.8. The molecule has 0 radical (unpaired) electrons. The topological polar surface area (TPSA) is 301 Å². The van der Waals surface area contributed by atoms with E-state index in [1.165, 1.54) is 38.5 Å². The minimum absolute atomic E-state index is 0.0428. The standard InChI is InChI=1S/C41H47NO18/c1-16-32(46)20(42-13-17-7-8-21(23(9-17)56-3)59-40-39(53)38(52)35(49)25(14-43)60-40)10-27(57-16)58-24-12-41(54,26(45)15-44)11-19-29(24)37(51)31-30(34(19)48)33(47)18-5-4-6-22(55-2)28(18)36(31)50/h4-9,16,20,24-25,27,32,35,38-40,42-44,46,48-49,51-54H,10-15H2,1-3H3/t16-,20-,24-,25+,27-,32+,35-,38-,39+,40+,41-/m0/s1. The first-order valence-corrected chi connectivity index (χ1v) is 19.2. The number of carbonyl (C=O) groups is 3. The van der Waals surface area contributed by atoms with Gasteiger partial charge in [0, 0.05) is 48.5 Å². The zero-order valence-corrected chi connectivity index (χ0v) is 32.7. The molecule has 3 aromatic rings. The molecule has 0 unspecified atom stereocenters. The second-order valence-electron chi connectivity index (χ2n) is 15.3. The van der Waals surface area contributed by atoms with Crippen LogP contribution in [0.5, 0.6) is 28.7 Å². The summed E-state index contributed by atoms with van der Waals surface area (Å²) in [6, 6.07) is 8.34. The van der Waals surface area contributed by atoms with Crippen LogP contribution in [0.4, 0.5) is 0 Å². The molecule has 2 aliphatic heterocycles.